The molecule has 0 aliphatic carbocycles. The van der Waals surface area contributed by atoms with Crippen LogP contribution in [0.25, 0.3) is 0 Å². The molecule has 2 aromatic rings. The van der Waals surface area contributed by atoms with E-state index < -0.39 is 0 Å². The third-order valence-electron chi connectivity index (χ3n) is 3.90. The minimum absolute atomic E-state index is 0.0770. The third kappa shape index (κ3) is 5.48. The van der Waals surface area contributed by atoms with Gasteiger partial charge in [0.05, 0.1) is 15.7 Å². The van der Waals surface area contributed by atoms with E-state index in [1.54, 1.807) is 23.1 Å². The lowest BCUT2D eigenvalue weighted by Crippen LogP contribution is -2.31. The van der Waals surface area contributed by atoms with Gasteiger partial charge in [0.15, 0.2) is 0 Å². The van der Waals surface area contributed by atoms with Crippen LogP contribution in [0.1, 0.15) is 24.5 Å². The first kappa shape index (κ1) is 19.3. The van der Waals surface area contributed by atoms with E-state index in [2.05, 4.69) is 5.32 Å². The smallest absolute Gasteiger partial charge is 0.226 e. The fourth-order valence-electron chi connectivity index (χ4n) is 2.40. The zero-order chi connectivity index (χ0) is 18.4. The molecule has 0 fully saturated rings. The Morgan fingerprint density at radius 1 is 1.04 bits per heavy atom. The second-order valence-corrected chi connectivity index (χ2v) is 6.58. The average Bonchev–Trinajstić information content (AvgIpc) is 2.56. The van der Waals surface area contributed by atoms with E-state index in [9.17, 15) is 9.59 Å². The first-order valence-corrected chi connectivity index (χ1v) is 8.68. The van der Waals surface area contributed by atoms with Crippen molar-refractivity contribution in [3.63, 3.8) is 0 Å². The molecule has 0 saturated heterocycles. The van der Waals surface area contributed by atoms with Gasteiger partial charge in [-0.1, -0.05) is 53.5 Å². The molecular weight excluding hydrogens is 359 g/mol. The number of rotatable bonds is 6. The van der Waals surface area contributed by atoms with Crippen LogP contribution in [0.4, 0.5) is 5.69 Å². The number of hydrogen-bond donors (Lipinski definition) is 1. The van der Waals surface area contributed by atoms with Crippen molar-refractivity contribution in [3.8, 4) is 0 Å². The number of hydrogen-bond acceptors (Lipinski definition) is 2. The second kappa shape index (κ2) is 8.88. The molecule has 0 radical (unpaired) electrons. The molecule has 2 rings (SSSR count). The minimum atomic E-state index is -0.244. The quantitative estimate of drug-likeness (QED) is 0.792. The number of para-hydroxylation sites is 1. The summed E-state index contributed by atoms with van der Waals surface area (Å²) in [5, 5.41) is 3.46. The maximum absolute atomic E-state index is 12.2. The van der Waals surface area contributed by atoms with Crippen molar-refractivity contribution in [2.24, 2.45) is 0 Å². The summed E-state index contributed by atoms with van der Waals surface area (Å²) in [7, 11) is 0. The Morgan fingerprint density at radius 3 is 2.28 bits per heavy atom. The molecule has 1 N–H and O–H groups in total. The summed E-state index contributed by atoms with van der Waals surface area (Å²) in [5.74, 6) is -0.321. The normalized spacial score (nSPS) is 10.4. The van der Waals surface area contributed by atoms with E-state index in [0.717, 1.165) is 11.1 Å². The van der Waals surface area contributed by atoms with Gasteiger partial charge >= 0.3 is 0 Å². The van der Waals surface area contributed by atoms with Crippen molar-refractivity contribution in [1.82, 2.24) is 4.90 Å². The van der Waals surface area contributed by atoms with Crippen molar-refractivity contribution in [3.05, 3.63) is 63.6 Å². The number of nitrogens with one attached hydrogen (secondary N) is 1. The molecule has 6 heteroatoms. The molecule has 0 atom stereocenters. The molecule has 2 amide bonds. The highest BCUT2D eigenvalue weighted by atomic mass is 35.5. The lowest BCUT2D eigenvalue weighted by Gasteiger charge is -2.22. The fraction of sp³-hybridized carbons (Fsp3) is 0.263. The Kier molecular flexibility index (Phi) is 6.85. The predicted molar refractivity (Wildman–Crippen MR) is 102 cm³/mol. The van der Waals surface area contributed by atoms with Gasteiger partial charge in [-0.3, -0.25) is 9.59 Å². The number of anilines is 1. The van der Waals surface area contributed by atoms with Gasteiger partial charge in [0, 0.05) is 26.4 Å². The SMILES string of the molecule is CC(=O)N(CCC(=O)Nc1c(Cl)cccc1Cl)Cc1ccccc1C. The summed E-state index contributed by atoms with van der Waals surface area (Å²) in [4.78, 5) is 25.7. The van der Waals surface area contributed by atoms with Crippen molar-refractivity contribution >= 4 is 40.7 Å². The third-order valence-corrected chi connectivity index (χ3v) is 4.53. The van der Waals surface area contributed by atoms with E-state index in [0.29, 0.717) is 28.8 Å². The van der Waals surface area contributed by atoms with E-state index >= 15 is 0 Å². The molecule has 0 bridgehead atoms. The van der Waals surface area contributed by atoms with Crippen LogP contribution in [0.5, 0.6) is 0 Å². The molecule has 132 valence electrons. The molecule has 4 nitrogen and oxygen atoms in total. The summed E-state index contributed by atoms with van der Waals surface area (Å²) >= 11 is 12.1. The van der Waals surface area contributed by atoms with Gasteiger partial charge in [0.1, 0.15) is 0 Å². The molecule has 0 aliphatic rings. The maximum Gasteiger partial charge on any atom is 0.226 e. The van der Waals surface area contributed by atoms with Crippen LogP contribution in [0.2, 0.25) is 10.0 Å². The van der Waals surface area contributed by atoms with Crippen LogP contribution in [0.3, 0.4) is 0 Å². The summed E-state index contributed by atoms with van der Waals surface area (Å²) in [6.45, 7) is 4.29. The lowest BCUT2D eigenvalue weighted by molar-refractivity contribution is -0.129. The maximum atomic E-state index is 12.2. The highest BCUT2D eigenvalue weighted by Gasteiger charge is 2.14. The topological polar surface area (TPSA) is 49.4 Å². The Balaban J connectivity index is 1.98. The van der Waals surface area contributed by atoms with Crippen LogP contribution in [0, 0.1) is 6.92 Å². The number of aryl methyl sites for hydroxylation is 1. The molecule has 25 heavy (non-hydrogen) atoms. The highest BCUT2D eigenvalue weighted by molar-refractivity contribution is 6.39. The molecule has 2 aromatic carbocycles. The number of benzene rings is 2. The molecule has 0 aromatic heterocycles. The number of amides is 2. The Labute approximate surface area is 157 Å². The first-order valence-electron chi connectivity index (χ1n) is 7.92. The van der Waals surface area contributed by atoms with E-state index in [1.807, 2.05) is 31.2 Å². The number of carbonyl (C=O) groups is 2. The molecule has 0 spiro atoms. The van der Waals surface area contributed by atoms with Gasteiger partial charge < -0.3 is 10.2 Å². The Hall–Kier alpha value is -2.04. The molecule has 0 aliphatic heterocycles. The molecule has 0 unspecified atom stereocenters. The van der Waals surface area contributed by atoms with Crippen LogP contribution < -0.4 is 5.32 Å². The second-order valence-electron chi connectivity index (χ2n) is 5.76. The van der Waals surface area contributed by atoms with Crippen LogP contribution in [0.15, 0.2) is 42.5 Å². The average molecular weight is 379 g/mol. The summed E-state index contributed by atoms with van der Waals surface area (Å²) in [6, 6.07) is 12.9. The van der Waals surface area contributed by atoms with Gasteiger partial charge in [-0.15, -0.1) is 0 Å². The number of carbonyl (C=O) groups excluding carboxylic acids is 2. The summed E-state index contributed by atoms with van der Waals surface area (Å²) in [5.41, 5.74) is 2.57. The Bertz CT molecular complexity index is 758. The Morgan fingerprint density at radius 2 is 1.68 bits per heavy atom. The fourth-order valence-corrected chi connectivity index (χ4v) is 2.89. The van der Waals surface area contributed by atoms with E-state index in [-0.39, 0.29) is 18.2 Å². The summed E-state index contributed by atoms with van der Waals surface area (Å²) < 4.78 is 0. The van der Waals surface area contributed by atoms with Gasteiger partial charge in [0.2, 0.25) is 11.8 Å². The standard InChI is InChI=1S/C19H20Cl2N2O2/c1-13-6-3-4-7-15(13)12-23(14(2)24)11-10-18(25)22-19-16(20)8-5-9-17(19)21/h3-9H,10-12H2,1-2H3,(H,22,25). The largest absolute Gasteiger partial charge is 0.338 e. The van der Waals surface area contributed by atoms with E-state index in [1.165, 1.54) is 6.92 Å². The summed E-state index contributed by atoms with van der Waals surface area (Å²) in [6.07, 6.45) is 0.160. The lowest BCUT2D eigenvalue weighted by atomic mass is 10.1. The van der Waals surface area contributed by atoms with Gasteiger partial charge in [-0.05, 0) is 30.2 Å². The van der Waals surface area contributed by atoms with Crippen LogP contribution >= 0.6 is 23.2 Å². The predicted octanol–water partition coefficient (Wildman–Crippen LogP) is 4.68. The monoisotopic (exact) mass is 378 g/mol. The van der Waals surface area contributed by atoms with Crippen LogP contribution in [-0.4, -0.2) is 23.3 Å². The van der Waals surface area contributed by atoms with Crippen molar-refractivity contribution in [2.45, 2.75) is 26.8 Å². The van der Waals surface area contributed by atoms with Gasteiger partial charge in [-0.2, -0.15) is 0 Å². The minimum Gasteiger partial charge on any atom is -0.338 e. The van der Waals surface area contributed by atoms with Gasteiger partial charge in [-0.25, -0.2) is 0 Å². The number of halogens is 2. The van der Waals surface area contributed by atoms with Crippen molar-refractivity contribution in [1.29, 1.82) is 0 Å². The highest BCUT2D eigenvalue weighted by Crippen LogP contribution is 2.29. The number of nitrogens with zero attached hydrogens (tertiary/aromatic N) is 1. The van der Waals surface area contributed by atoms with Gasteiger partial charge in [0.25, 0.3) is 0 Å². The first-order chi connectivity index (χ1) is 11.9. The zero-order valence-electron chi connectivity index (χ0n) is 14.2. The van der Waals surface area contributed by atoms with Crippen molar-refractivity contribution < 1.29 is 9.59 Å². The van der Waals surface area contributed by atoms with Crippen molar-refractivity contribution in [2.75, 3.05) is 11.9 Å². The molecule has 0 saturated carbocycles. The molecular formula is C19H20Cl2N2O2. The van der Waals surface area contributed by atoms with E-state index in [4.69, 9.17) is 23.2 Å². The zero-order valence-corrected chi connectivity index (χ0v) is 15.7. The van der Waals surface area contributed by atoms with Crippen LogP contribution in [-0.2, 0) is 16.1 Å². The molecule has 0 heterocycles.